The largest absolute Gasteiger partial charge is 0.453 e. The van der Waals surface area contributed by atoms with Gasteiger partial charge in [0.2, 0.25) is 0 Å². The Kier molecular flexibility index (Phi) is 5.85. The second-order valence-electron chi connectivity index (χ2n) is 3.88. The molecule has 1 amide bonds. The number of ether oxygens (including phenoxy) is 1. The van der Waals surface area contributed by atoms with Crippen molar-refractivity contribution in [3.05, 3.63) is 28.7 Å². The lowest BCUT2D eigenvalue weighted by Crippen LogP contribution is -2.29. The van der Waals surface area contributed by atoms with E-state index in [-0.39, 0.29) is 11.9 Å². The molecular weight excluding hydrogens is 298 g/mol. The van der Waals surface area contributed by atoms with Crippen LogP contribution in [0.25, 0.3) is 0 Å². The highest BCUT2D eigenvalue weighted by Gasteiger charge is 2.17. The Morgan fingerprint density at radius 3 is 2.50 bits per heavy atom. The Bertz CT molecular complexity index is 417. The number of halogens is 1. The van der Waals surface area contributed by atoms with Gasteiger partial charge in [0.05, 0.1) is 0 Å². The van der Waals surface area contributed by atoms with Crippen molar-refractivity contribution < 1.29 is 14.3 Å². The van der Waals surface area contributed by atoms with Gasteiger partial charge in [-0.3, -0.25) is 9.59 Å². The number of nitrogens with one attached hydrogen (secondary N) is 1. The normalized spacial score (nSPS) is 11.7. The zero-order valence-corrected chi connectivity index (χ0v) is 12.0. The van der Waals surface area contributed by atoms with E-state index in [0.717, 1.165) is 4.47 Å². The van der Waals surface area contributed by atoms with Crippen LogP contribution >= 0.6 is 15.9 Å². The first-order chi connectivity index (χ1) is 8.52. The first kappa shape index (κ1) is 14.7. The van der Waals surface area contributed by atoms with Crippen molar-refractivity contribution in [1.82, 2.24) is 0 Å². The van der Waals surface area contributed by atoms with E-state index in [1.54, 1.807) is 19.1 Å². The highest BCUT2D eigenvalue weighted by molar-refractivity contribution is 9.10. The summed E-state index contributed by atoms with van der Waals surface area (Å²) in [7, 11) is 0. The van der Waals surface area contributed by atoms with Gasteiger partial charge in [-0.2, -0.15) is 0 Å². The maximum absolute atomic E-state index is 11.7. The Balaban J connectivity index is 2.49. The second kappa shape index (κ2) is 7.16. The SMILES string of the molecule is CCCC(=O)O[C@H](C)C(=O)Nc1ccc(Br)cc1. The predicted octanol–water partition coefficient (Wildman–Crippen LogP) is 3.12. The van der Waals surface area contributed by atoms with Gasteiger partial charge in [-0.15, -0.1) is 0 Å². The molecule has 0 aliphatic heterocycles. The van der Waals surface area contributed by atoms with Crippen molar-refractivity contribution in [1.29, 1.82) is 0 Å². The number of hydrogen-bond acceptors (Lipinski definition) is 3. The van der Waals surface area contributed by atoms with Crippen LogP contribution in [0.2, 0.25) is 0 Å². The van der Waals surface area contributed by atoms with Gasteiger partial charge in [0.1, 0.15) is 0 Å². The number of rotatable bonds is 5. The molecule has 4 nitrogen and oxygen atoms in total. The molecule has 0 radical (unpaired) electrons. The standard InChI is InChI=1S/C13H16BrNO3/c1-3-4-12(16)18-9(2)13(17)15-11-7-5-10(14)6-8-11/h5-9H,3-4H2,1-2H3,(H,15,17)/t9-/m1/s1. The number of carbonyl (C=O) groups excluding carboxylic acids is 2. The van der Waals surface area contributed by atoms with E-state index in [4.69, 9.17) is 4.74 Å². The number of benzene rings is 1. The zero-order chi connectivity index (χ0) is 13.5. The van der Waals surface area contributed by atoms with Crippen molar-refractivity contribution >= 4 is 33.5 Å². The average molecular weight is 314 g/mol. The highest BCUT2D eigenvalue weighted by atomic mass is 79.9. The van der Waals surface area contributed by atoms with Crippen molar-refractivity contribution in [2.45, 2.75) is 32.8 Å². The van der Waals surface area contributed by atoms with E-state index in [1.165, 1.54) is 0 Å². The summed E-state index contributed by atoms with van der Waals surface area (Å²) in [6, 6.07) is 7.18. The smallest absolute Gasteiger partial charge is 0.306 e. The summed E-state index contributed by atoms with van der Waals surface area (Å²) in [5.74, 6) is -0.683. The lowest BCUT2D eigenvalue weighted by Gasteiger charge is -2.13. The summed E-state index contributed by atoms with van der Waals surface area (Å²) in [6.45, 7) is 3.44. The van der Waals surface area contributed by atoms with Gasteiger partial charge in [0.15, 0.2) is 6.10 Å². The van der Waals surface area contributed by atoms with Crippen molar-refractivity contribution in [2.75, 3.05) is 5.32 Å². The summed E-state index contributed by atoms with van der Waals surface area (Å²) in [4.78, 5) is 23.0. The Morgan fingerprint density at radius 2 is 1.94 bits per heavy atom. The fraction of sp³-hybridized carbons (Fsp3) is 0.385. The molecule has 0 bridgehead atoms. The summed E-state index contributed by atoms with van der Waals surface area (Å²) in [5.41, 5.74) is 0.668. The van der Waals surface area contributed by atoms with E-state index < -0.39 is 6.10 Å². The molecule has 0 aliphatic rings. The number of amides is 1. The van der Waals surface area contributed by atoms with Gasteiger partial charge in [0, 0.05) is 16.6 Å². The summed E-state index contributed by atoms with van der Waals surface area (Å²) in [6.07, 6.45) is 0.253. The molecule has 18 heavy (non-hydrogen) atoms. The molecule has 0 saturated heterocycles. The molecule has 0 spiro atoms. The minimum Gasteiger partial charge on any atom is -0.453 e. The second-order valence-corrected chi connectivity index (χ2v) is 4.79. The van der Waals surface area contributed by atoms with Crippen LogP contribution in [0.1, 0.15) is 26.7 Å². The Hall–Kier alpha value is -1.36. The lowest BCUT2D eigenvalue weighted by atomic mass is 10.3. The van der Waals surface area contributed by atoms with Gasteiger partial charge in [-0.05, 0) is 37.6 Å². The highest BCUT2D eigenvalue weighted by Crippen LogP contribution is 2.14. The molecule has 0 unspecified atom stereocenters. The number of anilines is 1. The fourth-order valence-corrected chi connectivity index (χ4v) is 1.56. The molecule has 1 aromatic rings. The molecule has 0 saturated carbocycles. The maximum Gasteiger partial charge on any atom is 0.306 e. The predicted molar refractivity (Wildman–Crippen MR) is 73.2 cm³/mol. The molecule has 98 valence electrons. The van der Waals surface area contributed by atoms with Crippen molar-refractivity contribution in [3.8, 4) is 0 Å². The van der Waals surface area contributed by atoms with E-state index in [9.17, 15) is 9.59 Å². The van der Waals surface area contributed by atoms with Gasteiger partial charge >= 0.3 is 5.97 Å². The third-order valence-electron chi connectivity index (χ3n) is 2.24. The maximum atomic E-state index is 11.7. The summed E-state index contributed by atoms with van der Waals surface area (Å²) < 4.78 is 5.92. The third kappa shape index (κ3) is 4.87. The summed E-state index contributed by atoms with van der Waals surface area (Å²) in [5, 5.41) is 2.68. The van der Waals surface area contributed by atoms with Crippen LogP contribution in [0.4, 0.5) is 5.69 Å². The van der Waals surface area contributed by atoms with Gasteiger partial charge in [-0.1, -0.05) is 22.9 Å². The quantitative estimate of drug-likeness (QED) is 0.850. The molecule has 0 fully saturated rings. The van der Waals surface area contributed by atoms with Gasteiger partial charge in [0.25, 0.3) is 5.91 Å². The number of hydrogen-bond donors (Lipinski definition) is 1. The van der Waals surface area contributed by atoms with Crippen LogP contribution in [0.5, 0.6) is 0 Å². The van der Waals surface area contributed by atoms with Gasteiger partial charge < -0.3 is 10.1 Å². The minimum atomic E-state index is -0.785. The molecular formula is C13H16BrNO3. The molecule has 5 heteroatoms. The van der Waals surface area contributed by atoms with Crippen LogP contribution in [0.3, 0.4) is 0 Å². The first-order valence-corrected chi connectivity index (χ1v) is 6.58. The van der Waals surface area contributed by atoms with Crippen LogP contribution in [-0.4, -0.2) is 18.0 Å². The van der Waals surface area contributed by atoms with Gasteiger partial charge in [-0.25, -0.2) is 0 Å². The molecule has 1 atom stereocenters. The van der Waals surface area contributed by atoms with E-state index in [1.807, 2.05) is 19.1 Å². The van der Waals surface area contributed by atoms with Crippen LogP contribution in [0.15, 0.2) is 28.7 Å². The fourth-order valence-electron chi connectivity index (χ4n) is 1.29. The molecule has 0 aliphatic carbocycles. The monoisotopic (exact) mass is 313 g/mol. The van der Waals surface area contributed by atoms with Crippen molar-refractivity contribution in [2.24, 2.45) is 0 Å². The molecule has 0 aromatic heterocycles. The molecule has 1 N–H and O–H groups in total. The molecule has 0 heterocycles. The first-order valence-electron chi connectivity index (χ1n) is 5.79. The molecule has 1 aromatic carbocycles. The van der Waals surface area contributed by atoms with E-state index in [0.29, 0.717) is 18.5 Å². The minimum absolute atomic E-state index is 0.329. The summed E-state index contributed by atoms with van der Waals surface area (Å²) >= 11 is 3.31. The molecule has 1 rings (SSSR count). The zero-order valence-electron chi connectivity index (χ0n) is 10.4. The van der Waals surface area contributed by atoms with Crippen LogP contribution in [-0.2, 0) is 14.3 Å². The number of carbonyl (C=O) groups is 2. The topological polar surface area (TPSA) is 55.4 Å². The number of esters is 1. The van der Waals surface area contributed by atoms with Crippen molar-refractivity contribution in [3.63, 3.8) is 0 Å². The van der Waals surface area contributed by atoms with Crippen LogP contribution < -0.4 is 5.32 Å². The van der Waals surface area contributed by atoms with E-state index in [2.05, 4.69) is 21.2 Å². The third-order valence-corrected chi connectivity index (χ3v) is 2.77. The Morgan fingerprint density at radius 1 is 1.33 bits per heavy atom. The van der Waals surface area contributed by atoms with Crippen LogP contribution in [0, 0.1) is 0 Å². The lowest BCUT2D eigenvalue weighted by molar-refractivity contribution is -0.153. The Labute approximate surface area is 115 Å². The van der Waals surface area contributed by atoms with E-state index >= 15 is 0 Å². The average Bonchev–Trinajstić information content (AvgIpc) is 2.32.